The zero-order valence-corrected chi connectivity index (χ0v) is 18.6. The van der Waals surface area contributed by atoms with Gasteiger partial charge in [0.1, 0.15) is 6.54 Å². The van der Waals surface area contributed by atoms with E-state index in [9.17, 15) is 9.59 Å². The number of carbonyl (C=O) groups excluding carboxylic acids is 2. The van der Waals surface area contributed by atoms with Crippen molar-refractivity contribution in [1.82, 2.24) is 4.57 Å². The van der Waals surface area contributed by atoms with Crippen LogP contribution in [0, 0.1) is 0 Å². The van der Waals surface area contributed by atoms with Gasteiger partial charge in [-0.2, -0.15) is 4.99 Å². The Balaban J connectivity index is 2.23. The fraction of sp³-hybridized carbons (Fsp3) is 0.286. The molecule has 3 aromatic rings. The van der Waals surface area contributed by atoms with Crippen LogP contribution in [0.5, 0.6) is 23.0 Å². The Labute approximate surface area is 182 Å². The molecule has 0 unspecified atom stereocenters. The molecule has 3 rings (SSSR count). The number of methoxy groups -OCH3 is 5. The summed E-state index contributed by atoms with van der Waals surface area (Å²) in [6.07, 6.45) is 0. The number of aromatic nitrogens is 1. The first-order chi connectivity index (χ1) is 15.0. The maximum Gasteiger partial charge on any atom is 0.325 e. The highest BCUT2D eigenvalue weighted by molar-refractivity contribution is 7.16. The summed E-state index contributed by atoms with van der Waals surface area (Å²) in [4.78, 5) is 29.6. The summed E-state index contributed by atoms with van der Waals surface area (Å²) in [6.45, 7) is -0.132. The Bertz CT molecular complexity index is 1200. The maximum atomic E-state index is 13.0. The molecule has 1 aromatic heterocycles. The fourth-order valence-corrected chi connectivity index (χ4v) is 4.07. The van der Waals surface area contributed by atoms with E-state index in [1.54, 1.807) is 34.9 Å². The lowest BCUT2D eigenvalue weighted by atomic mass is 10.2. The standard InChI is InChI=1S/C21H22N2O7S/c1-26-14-8-6-7-12(19(14)30-5)20(25)22-21-23(11-18(24)29-4)13-9-15(27-2)16(28-3)10-17(13)31-21/h6-10H,11H2,1-5H3. The molecule has 0 fully saturated rings. The molecule has 0 N–H and O–H groups in total. The van der Waals surface area contributed by atoms with Gasteiger partial charge >= 0.3 is 5.97 Å². The number of hydrogen-bond donors (Lipinski definition) is 0. The van der Waals surface area contributed by atoms with Crippen molar-refractivity contribution in [1.29, 1.82) is 0 Å². The molecular formula is C21H22N2O7S. The molecule has 1 heterocycles. The second-order valence-electron chi connectivity index (χ2n) is 6.18. The van der Waals surface area contributed by atoms with Crippen LogP contribution in [-0.4, -0.2) is 52.0 Å². The topological polar surface area (TPSA) is 97.6 Å². The lowest BCUT2D eigenvalue weighted by Crippen LogP contribution is -2.22. The summed E-state index contributed by atoms with van der Waals surface area (Å²) in [5.41, 5.74) is 0.885. The van der Waals surface area contributed by atoms with Gasteiger partial charge in [-0.05, 0) is 12.1 Å². The number of benzene rings is 2. The molecule has 0 atom stereocenters. The van der Waals surface area contributed by atoms with Crippen LogP contribution in [0.15, 0.2) is 35.3 Å². The number of rotatable bonds is 7. The molecule has 10 heteroatoms. The first kappa shape index (κ1) is 22.2. The van der Waals surface area contributed by atoms with Gasteiger partial charge < -0.3 is 28.3 Å². The molecule has 31 heavy (non-hydrogen) atoms. The van der Waals surface area contributed by atoms with Crippen LogP contribution in [0.1, 0.15) is 10.4 Å². The highest BCUT2D eigenvalue weighted by Gasteiger charge is 2.19. The zero-order valence-electron chi connectivity index (χ0n) is 17.8. The predicted molar refractivity (Wildman–Crippen MR) is 114 cm³/mol. The number of para-hydroxylation sites is 1. The Morgan fingerprint density at radius 1 is 0.935 bits per heavy atom. The maximum absolute atomic E-state index is 13.0. The van der Waals surface area contributed by atoms with Crippen LogP contribution in [0.2, 0.25) is 0 Å². The lowest BCUT2D eigenvalue weighted by Gasteiger charge is -2.10. The molecule has 0 aliphatic heterocycles. The highest BCUT2D eigenvalue weighted by atomic mass is 32.1. The monoisotopic (exact) mass is 446 g/mol. The van der Waals surface area contributed by atoms with Crippen LogP contribution in [0.3, 0.4) is 0 Å². The molecule has 0 radical (unpaired) electrons. The van der Waals surface area contributed by atoms with Crippen LogP contribution >= 0.6 is 11.3 Å². The number of fused-ring (bicyclic) bond motifs is 1. The normalized spacial score (nSPS) is 11.3. The van der Waals surface area contributed by atoms with Crippen LogP contribution < -0.4 is 23.7 Å². The van der Waals surface area contributed by atoms with Crippen LogP contribution in [0.25, 0.3) is 10.2 Å². The number of hydrogen-bond acceptors (Lipinski definition) is 8. The minimum Gasteiger partial charge on any atom is -0.493 e. The molecule has 0 saturated carbocycles. The van der Waals surface area contributed by atoms with E-state index < -0.39 is 11.9 Å². The molecule has 0 bridgehead atoms. The summed E-state index contributed by atoms with van der Waals surface area (Å²) in [5, 5.41) is 0. The van der Waals surface area contributed by atoms with Gasteiger partial charge in [0.15, 0.2) is 27.8 Å². The van der Waals surface area contributed by atoms with Crippen LogP contribution in [-0.2, 0) is 16.1 Å². The molecule has 0 saturated heterocycles. The number of ether oxygens (including phenoxy) is 5. The zero-order chi connectivity index (χ0) is 22.5. The summed E-state index contributed by atoms with van der Waals surface area (Å²) in [7, 11) is 7.28. The number of amides is 1. The van der Waals surface area contributed by atoms with Crippen molar-refractivity contribution in [2.24, 2.45) is 4.99 Å². The smallest absolute Gasteiger partial charge is 0.325 e. The van der Waals surface area contributed by atoms with Crippen molar-refractivity contribution >= 4 is 33.4 Å². The molecular weight excluding hydrogens is 424 g/mol. The Morgan fingerprint density at radius 3 is 2.23 bits per heavy atom. The van der Waals surface area contributed by atoms with Gasteiger partial charge in [-0.25, -0.2) is 0 Å². The van der Waals surface area contributed by atoms with E-state index in [-0.39, 0.29) is 17.9 Å². The van der Waals surface area contributed by atoms with Crippen molar-refractivity contribution in [3.8, 4) is 23.0 Å². The minimum atomic E-state index is -0.542. The van der Waals surface area contributed by atoms with E-state index in [0.29, 0.717) is 27.6 Å². The number of carbonyl (C=O) groups is 2. The van der Waals surface area contributed by atoms with E-state index >= 15 is 0 Å². The third-order valence-electron chi connectivity index (χ3n) is 4.53. The van der Waals surface area contributed by atoms with Crippen molar-refractivity contribution in [2.75, 3.05) is 35.5 Å². The van der Waals surface area contributed by atoms with Gasteiger partial charge in [0, 0.05) is 12.1 Å². The lowest BCUT2D eigenvalue weighted by molar-refractivity contribution is -0.141. The second-order valence-corrected chi connectivity index (χ2v) is 7.19. The molecule has 2 aromatic carbocycles. The molecule has 164 valence electrons. The predicted octanol–water partition coefficient (Wildman–Crippen LogP) is 2.65. The quantitative estimate of drug-likeness (QED) is 0.515. The average Bonchev–Trinajstić information content (AvgIpc) is 3.12. The number of nitrogens with zero attached hydrogens (tertiary/aromatic N) is 2. The fourth-order valence-electron chi connectivity index (χ4n) is 3.03. The van der Waals surface area contributed by atoms with Crippen molar-refractivity contribution in [2.45, 2.75) is 6.54 Å². The minimum absolute atomic E-state index is 0.132. The molecule has 0 spiro atoms. The molecule has 9 nitrogen and oxygen atoms in total. The Kier molecular flexibility index (Phi) is 6.81. The Hall–Kier alpha value is -3.53. The average molecular weight is 446 g/mol. The van der Waals surface area contributed by atoms with Crippen molar-refractivity contribution < 1.29 is 33.3 Å². The van der Waals surface area contributed by atoms with E-state index in [4.69, 9.17) is 23.7 Å². The molecule has 0 aliphatic carbocycles. The Morgan fingerprint density at radius 2 is 1.61 bits per heavy atom. The number of thiazole rings is 1. The summed E-state index contributed by atoms with van der Waals surface area (Å²) in [6, 6.07) is 8.45. The van der Waals surface area contributed by atoms with E-state index in [1.165, 1.54) is 46.9 Å². The summed E-state index contributed by atoms with van der Waals surface area (Å²) >= 11 is 1.23. The molecule has 1 amide bonds. The summed E-state index contributed by atoms with van der Waals surface area (Å²) in [5.74, 6) is 0.675. The first-order valence-corrected chi connectivity index (χ1v) is 9.91. The summed E-state index contributed by atoms with van der Waals surface area (Å²) < 4.78 is 28.5. The van der Waals surface area contributed by atoms with Gasteiger partial charge in [-0.1, -0.05) is 17.4 Å². The second kappa shape index (κ2) is 9.52. The SMILES string of the molecule is COC(=O)Cn1c(=NC(=O)c2cccc(OC)c2OC)sc2cc(OC)c(OC)cc21. The van der Waals surface area contributed by atoms with E-state index in [1.807, 2.05) is 0 Å². The van der Waals surface area contributed by atoms with Gasteiger partial charge in [-0.15, -0.1) is 0 Å². The molecule has 0 aliphatic rings. The van der Waals surface area contributed by atoms with Crippen molar-refractivity contribution in [3.05, 3.63) is 40.7 Å². The highest BCUT2D eigenvalue weighted by Crippen LogP contribution is 2.34. The number of esters is 1. The first-order valence-electron chi connectivity index (χ1n) is 9.09. The third kappa shape index (κ3) is 4.33. The van der Waals surface area contributed by atoms with E-state index in [2.05, 4.69) is 4.99 Å². The van der Waals surface area contributed by atoms with Gasteiger partial charge in [0.05, 0.1) is 51.3 Å². The van der Waals surface area contributed by atoms with Crippen molar-refractivity contribution in [3.63, 3.8) is 0 Å². The van der Waals surface area contributed by atoms with Gasteiger partial charge in [0.25, 0.3) is 5.91 Å². The largest absolute Gasteiger partial charge is 0.493 e. The van der Waals surface area contributed by atoms with Gasteiger partial charge in [0.2, 0.25) is 0 Å². The van der Waals surface area contributed by atoms with Gasteiger partial charge in [-0.3, -0.25) is 9.59 Å². The third-order valence-corrected chi connectivity index (χ3v) is 5.57. The van der Waals surface area contributed by atoms with Crippen LogP contribution in [0.4, 0.5) is 0 Å². The van der Waals surface area contributed by atoms with E-state index in [0.717, 1.165) is 4.70 Å².